The van der Waals surface area contributed by atoms with Crippen LogP contribution in [0.4, 0.5) is 5.69 Å². The Bertz CT molecular complexity index is 1060. The lowest BCUT2D eigenvalue weighted by Gasteiger charge is -2.36. The Labute approximate surface area is 212 Å². The van der Waals surface area contributed by atoms with Gasteiger partial charge in [-0.15, -0.1) is 0 Å². The van der Waals surface area contributed by atoms with Gasteiger partial charge < -0.3 is 29.3 Å². The van der Waals surface area contributed by atoms with Gasteiger partial charge in [0.05, 0.1) is 17.7 Å². The molecular formula is C27H35N3O6. The maximum atomic E-state index is 13.5. The number of nitrogens with one attached hydrogen (secondary N) is 1. The van der Waals surface area contributed by atoms with Gasteiger partial charge in [0.25, 0.3) is 11.8 Å². The van der Waals surface area contributed by atoms with Gasteiger partial charge >= 0.3 is 0 Å². The first kappa shape index (κ1) is 27.2. The van der Waals surface area contributed by atoms with Crippen LogP contribution >= 0.6 is 0 Å². The number of benzene rings is 2. The van der Waals surface area contributed by atoms with Crippen molar-refractivity contribution < 1.29 is 28.6 Å². The summed E-state index contributed by atoms with van der Waals surface area (Å²) in [6.45, 7) is 4.79. The summed E-state index contributed by atoms with van der Waals surface area (Å²) in [5, 5.41) is 2.85. The van der Waals surface area contributed by atoms with Gasteiger partial charge in [0.1, 0.15) is 19.0 Å². The Kier molecular flexibility index (Phi) is 9.44. The van der Waals surface area contributed by atoms with Gasteiger partial charge in [-0.1, -0.05) is 25.1 Å². The maximum Gasteiger partial charge on any atom is 0.257 e. The summed E-state index contributed by atoms with van der Waals surface area (Å²) in [6, 6.07) is 13.5. The largest absolute Gasteiger partial charge is 0.491 e. The zero-order valence-electron chi connectivity index (χ0n) is 21.5. The van der Waals surface area contributed by atoms with Crippen molar-refractivity contribution in [2.75, 3.05) is 52.9 Å². The molecule has 9 heteroatoms. The van der Waals surface area contributed by atoms with Gasteiger partial charge in [-0.25, -0.2) is 0 Å². The van der Waals surface area contributed by atoms with Crippen LogP contribution in [0.5, 0.6) is 5.75 Å². The maximum absolute atomic E-state index is 13.5. The van der Waals surface area contributed by atoms with Crippen molar-refractivity contribution in [2.24, 2.45) is 5.92 Å². The minimum atomic E-state index is -0.297. The first-order chi connectivity index (χ1) is 17.2. The summed E-state index contributed by atoms with van der Waals surface area (Å²) in [7, 11) is 4.79. The number of rotatable bonds is 5. The molecule has 0 spiro atoms. The van der Waals surface area contributed by atoms with Crippen LogP contribution in [0.3, 0.4) is 0 Å². The van der Waals surface area contributed by atoms with E-state index < -0.39 is 0 Å². The second kappa shape index (κ2) is 12.5. The van der Waals surface area contributed by atoms with Crippen LogP contribution in [0.15, 0.2) is 48.5 Å². The van der Waals surface area contributed by atoms with Gasteiger partial charge in [0.15, 0.2) is 0 Å². The minimum absolute atomic E-state index is 0.0336. The SMILES string of the molecule is COCC(=O)N1C[C@H](C)[C@@H](OC)CN(C)C(=O)c2cc(NC(=O)c3ccccc3)ccc2OC[C@@H]1C. The molecular weight excluding hydrogens is 462 g/mol. The minimum Gasteiger partial charge on any atom is -0.491 e. The number of amides is 3. The van der Waals surface area contributed by atoms with Crippen molar-refractivity contribution in [1.29, 1.82) is 0 Å². The molecule has 3 amide bonds. The number of fused-ring (bicyclic) bond motifs is 1. The zero-order valence-corrected chi connectivity index (χ0v) is 21.5. The molecule has 194 valence electrons. The second-order valence-corrected chi connectivity index (χ2v) is 9.11. The Morgan fingerprint density at radius 2 is 1.81 bits per heavy atom. The van der Waals surface area contributed by atoms with E-state index in [0.29, 0.717) is 35.7 Å². The molecule has 3 rings (SSSR count). The molecule has 36 heavy (non-hydrogen) atoms. The molecule has 3 atom stereocenters. The van der Waals surface area contributed by atoms with E-state index in [2.05, 4.69) is 5.32 Å². The summed E-state index contributed by atoms with van der Waals surface area (Å²) < 4.78 is 16.8. The van der Waals surface area contributed by atoms with Crippen molar-refractivity contribution in [2.45, 2.75) is 26.0 Å². The quantitative estimate of drug-likeness (QED) is 0.682. The highest BCUT2D eigenvalue weighted by Crippen LogP contribution is 2.27. The lowest BCUT2D eigenvalue weighted by Crippen LogP contribution is -2.49. The molecule has 0 aliphatic carbocycles. The molecule has 0 unspecified atom stereocenters. The highest BCUT2D eigenvalue weighted by atomic mass is 16.5. The number of methoxy groups -OCH3 is 2. The van der Waals surface area contributed by atoms with E-state index in [4.69, 9.17) is 14.2 Å². The molecule has 0 saturated heterocycles. The molecule has 9 nitrogen and oxygen atoms in total. The average molecular weight is 498 g/mol. The predicted molar refractivity (Wildman–Crippen MR) is 136 cm³/mol. The van der Waals surface area contributed by atoms with Crippen LogP contribution in [0.25, 0.3) is 0 Å². The highest BCUT2D eigenvalue weighted by Gasteiger charge is 2.30. The molecule has 1 N–H and O–H groups in total. The van der Waals surface area contributed by atoms with E-state index >= 15 is 0 Å². The number of carbonyl (C=O) groups excluding carboxylic acids is 3. The average Bonchev–Trinajstić information content (AvgIpc) is 2.88. The third-order valence-electron chi connectivity index (χ3n) is 6.33. The number of ether oxygens (including phenoxy) is 3. The molecule has 0 fully saturated rings. The number of likely N-dealkylation sites (N-methyl/N-ethyl adjacent to an activating group) is 1. The van der Waals surface area contributed by atoms with Crippen LogP contribution in [0, 0.1) is 5.92 Å². The van der Waals surface area contributed by atoms with E-state index in [-0.39, 0.29) is 49.0 Å². The second-order valence-electron chi connectivity index (χ2n) is 9.11. The fourth-order valence-electron chi connectivity index (χ4n) is 4.20. The Balaban J connectivity index is 1.93. The number of anilines is 1. The molecule has 2 aromatic rings. The lowest BCUT2D eigenvalue weighted by molar-refractivity contribution is -0.139. The molecule has 1 aliphatic heterocycles. The summed E-state index contributed by atoms with van der Waals surface area (Å²) in [4.78, 5) is 42.2. The molecule has 0 radical (unpaired) electrons. The lowest BCUT2D eigenvalue weighted by atomic mass is 10.0. The van der Waals surface area contributed by atoms with Crippen LogP contribution in [-0.2, 0) is 14.3 Å². The highest BCUT2D eigenvalue weighted by molar-refractivity contribution is 6.05. The topological polar surface area (TPSA) is 97.4 Å². The van der Waals surface area contributed by atoms with Crippen molar-refractivity contribution in [3.05, 3.63) is 59.7 Å². The van der Waals surface area contributed by atoms with Crippen LogP contribution < -0.4 is 10.1 Å². The van der Waals surface area contributed by atoms with Gasteiger partial charge in [-0.2, -0.15) is 0 Å². The molecule has 1 aliphatic rings. The van der Waals surface area contributed by atoms with Crippen LogP contribution in [0.1, 0.15) is 34.6 Å². The third-order valence-corrected chi connectivity index (χ3v) is 6.33. The first-order valence-corrected chi connectivity index (χ1v) is 11.9. The van der Waals surface area contributed by atoms with Crippen molar-refractivity contribution in [3.8, 4) is 5.75 Å². The molecule has 1 heterocycles. The Hall–Kier alpha value is -3.43. The summed E-state index contributed by atoms with van der Waals surface area (Å²) >= 11 is 0. The number of hydrogen-bond acceptors (Lipinski definition) is 6. The number of nitrogens with zero attached hydrogens (tertiary/aromatic N) is 2. The van der Waals surface area contributed by atoms with Crippen LogP contribution in [-0.4, -0.2) is 87.2 Å². The Morgan fingerprint density at radius 3 is 2.47 bits per heavy atom. The predicted octanol–water partition coefficient (Wildman–Crippen LogP) is 2.92. The van der Waals surface area contributed by atoms with E-state index in [1.165, 1.54) is 7.11 Å². The number of hydrogen-bond donors (Lipinski definition) is 1. The first-order valence-electron chi connectivity index (χ1n) is 11.9. The van der Waals surface area contributed by atoms with Crippen LogP contribution in [0.2, 0.25) is 0 Å². The van der Waals surface area contributed by atoms with E-state index in [1.807, 2.05) is 19.9 Å². The summed E-state index contributed by atoms with van der Waals surface area (Å²) in [5.74, 6) is -0.353. The fraction of sp³-hybridized carbons (Fsp3) is 0.444. The molecule has 0 aromatic heterocycles. The van der Waals surface area contributed by atoms with Gasteiger partial charge in [-0.05, 0) is 37.3 Å². The number of carbonyl (C=O) groups is 3. The third kappa shape index (κ3) is 6.61. The standard InChI is InChI=1S/C27H35N3O6/c1-18-14-30(25(31)17-34-4)19(2)16-36-23-12-11-21(28-26(32)20-9-7-6-8-10-20)13-22(23)27(33)29(3)15-24(18)35-5/h6-13,18-19,24H,14-17H2,1-5H3,(H,28,32)/t18-,19-,24-/m0/s1. The monoisotopic (exact) mass is 497 g/mol. The van der Waals surface area contributed by atoms with Gasteiger partial charge in [-0.3, -0.25) is 14.4 Å². The Morgan fingerprint density at radius 1 is 1.08 bits per heavy atom. The van der Waals surface area contributed by atoms with Gasteiger partial charge in [0.2, 0.25) is 5.91 Å². The van der Waals surface area contributed by atoms with Crippen molar-refractivity contribution >= 4 is 23.4 Å². The fourth-order valence-corrected chi connectivity index (χ4v) is 4.20. The van der Waals surface area contributed by atoms with E-state index in [1.54, 1.807) is 66.4 Å². The molecule has 0 saturated carbocycles. The van der Waals surface area contributed by atoms with E-state index in [0.717, 1.165) is 0 Å². The molecule has 2 aromatic carbocycles. The summed E-state index contributed by atoms with van der Waals surface area (Å²) in [6.07, 6.45) is -0.297. The van der Waals surface area contributed by atoms with Gasteiger partial charge in [0, 0.05) is 51.5 Å². The molecule has 0 bridgehead atoms. The summed E-state index contributed by atoms with van der Waals surface area (Å²) in [5.41, 5.74) is 1.30. The normalized spacial score (nSPS) is 21.0. The van der Waals surface area contributed by atoms with Crippen molar-refractivity contribution in [3.63, 3.8) is 0 Å². The van der Waals surface area contributed by atoms with E-state index in [9.17, 15) is 14.4 Å². The van der Waals surface area contributed by atoms with Crippen molar-refractivity contribution in [1.82, 2.24) is 9.80 Å². The smallest absolute Gasteiger partial charge is 0.257 e. The zero-order chi connectivity index (χ0) is 26.2.